The molecule has 12 aromatic carbocycles. The van der Waals surface area contributed by atoms with E-state index in [9.17, 15) is 0 Å². The molecule has 16 rings (SSSR count). The van der Waals surface area contributed by atoms with Crippen LogP contribution in [0.15, 0.2) is 318 Å². The minimum absolute atomic E-state index is 0.495. The van der Waals surface area contributed by atoms with E-state index >= 15 is 0 Å². The van der Waals surface area contributed by atoms with Crippen molar-refractivity contribution >= 4 is 68.4 Å². The van der Waals surface area contributed by atoms with Crippen LogP contribution < -0.4 is 18.9 Å². The normalized spacial score (nSPS) is 11.1. The molecule has 4 heterocycles. The Balaban J connectivity index is 0.829. The second-order valence-electron chi connectivity index (χ2n) is 27.6. The summed E-state index contributed by atoms with van der Waals surface area (Å²) in [5.41, 5.74) is 20.5. The van der Waals surface area contributed by atoms with E-state index in [0.717, 1.165) is 186 Å². The molecule has 0 aliphatic rings. The minimum atomic E-state index is 0.495. The lowest BCUT2D eigenvalue weighted by atomic mass is 10.1. The largest absolute Gasteiger partial charge is 0.494 e. The Morgan fingerprint density at radius 2 is 0.402 bits per heavy atom. The van der Waals surface area contributed by atoms with E-state index in [1.54, 1.807) is 0 Å². The van der Waals surface area contributed by atoms with Crippen LogP contribution in [0.3, 0.4) is 0 Å². The molecule has 0 aliphatic carbocycles. The number of ether oxygens (including phenoxy) is 8. The van der Waals surface area contributed by atoms with Gasteiger partial charge >= 0.3 is 0 Å². The predicted molar refractivity (Wildman–Crippen MR) is 462 cm³/mol. The van der Waals surface area contributed by atoms with Crippen molar-refractivity contribution in [1.29, 1.82) is 0 Å². The third-order valence-corrected chi connectivity index (χ3v) is 19.5. The number of hydrogen-bond acceptors (Lipinski definition) is 8. The van der Waals surface area contributed by atoms with Gasteiger partial charge in [0.15, 0.2) is 0 Å². The van der Waals surface area contributed by atoms with Gasteiger partial charge in [0.2, 0.25) is 0 Å². The molecule has 0 atom stereocenters. The summed E-state index contributed by atoms with van der Waals surface area (Å²) >= 11 is 0. The zero-order valence-corrected chi connectivity index (χ0v) is 64.0. The molecule has 12 nitrogen and oxygen atoms in total. The highest BCUT2D eigenvalue weighted by Gasteiger charge is 2.12. The Morgan fingerprint density at radius 1 is 0.205 bits per heavy atom. The summed E-state index contributed by atoms with van der Waals surface area (Å²) in [4.78, 5) is 0. The van der Waals surface area contributed by atoms with E-state index in [4.69, 9.17) is 37.9 Å². The zero-order valence-electron chi connectivity index (χ0n) is 64.0. The molecule has 0 amide bonds. The van der Waals surface area contributed by atoms with Crippen molar-refractivity contribution < 1.29 is 37.9 Å². The van der Waals surface area contributed by atoms with E-state index in [2.05, 4.69) is 239 Å². The topological polar surface area (TPSA) is 93.6 Å². The third kappa shape index (κ3) is 22.1. The van der Waals surface area contributed by atoms with E-state index in [0.29, 0.717) is 79.3 Å². The SMILES string of the molecule is C=Cc1ccc(OCCCCOCc2ccc(-n3c4ccc(cc4)n(-c4ccc(COCCCCOc5ccc(C=C)cc5)cc4)c4cccc(c4)n(-c4ccc(COCCCCOc5ccc(C=C)cc5)cc4)c4ccc(cc4)n(-c4ccc(COCCCCOc5ccc(C=C)cc5)cc4)c4cccc3c4)cc2)cc1. The van der Waals surface area contributed by atoms with Crippen molar-refractivity contribution in [2.75, 3.05) is 52.9 Å². The lowest BCUT2D eigenvalue weighted by molar-refractivity contribution is 0.113. The molecule has 0 aliphatic heterocycles. The number of benzene rings is 12. The summed E-state index contributed by atoms with van der Waals surface area (Å²) in [6.07, 6.45) is 14.5. The van der Waals surface area contributed by atoms with Crippen molar-refractivity contribution in [3.8, 4) is 45.7 Å². The fourth-order valence-electron chi connectivity index (χ4n) is 13.3. The van der Waals surface area contributed by atoms with Gasteiger partial charge in [-0.15, -0.1) is 0 Å². The number of unbranched alkanes of at least 4 members (excludes halogenated alkanes) is 4. The van der Waals surface area contributed by atoms with Gasteiger partial charge < -0.3 is 56.2 Å². The molecule has 8 bridgehead atoms. The number of nitrogens with zero attached hydrogens (tertiary/aromatic N) is 4. The van der Waals surface area contributed by atoms with Crippen LogP contribution in [0, 0.1) is 0 Å². The smallest absolute Gasteiger partial charge is 0.119 e. The molecule has 12 heteroatoms. The van der Waals surface area contributed by atoms with Gasteiger partial charge in [-0.05, 0) is 278 Å². The highest BCUT2D eigenvalue weighted by Crippen LogP contribution is 2.29. The first kappa shape index (κ1) is 78.0. The van der Waals surface area contributed by atoms with E-state index < -0.39 is 0 Å². The first-order valence-corrected chi connectivity index (χ1v) is 39.0. The van der Waals surface area contributed by atoms with Crippen LogP contribution in [0.1, 0.15) is 95.9 Å². The molecule has 0 N–H and O–H groups in total. The van der Waals surface area contributed by atoms with Crippen molar-refractivity contribution in [2.45, 2.75) is 77.8 Å². The molecule has 0 radical (unpaired) electrons. The summed E-state index contributed by atoms with van der Waals surface area (Å²) in [7, 11) is 0. The first-order chi connectivity index (χ1) is 55.3. The van der Waals surface area contributed by atoms with Gasteiger partial charge in [-0.2, -0.15) is 0 Å². The predicted octanol–water partition coefficient (Wildman–Crippen LogP) is 24.3. The Labute approximate surface area is 659 Å². The van der Waals surface area contributed by atoms with Crippen LogP contribution in [-0.2, 0) is 45.4 Å². The van der Waals surface area contributed by atoms with Crippen LogP contribution in [0.25, 0.3) is 91.2 Å². The van der Waals surface area contributed by atoms with Gasteiger partial charge in [0, 0.05) is 93.3 Å². The summed E-state index contributed by atoms with van der Waals surface area (Å²) in [5.74, 6) is 3.44. The Hall–Kier alpha value is -12.2. The maximum atomic E-state index is 6.28. The maximum Gasteiger partial charge on any atom is 0.119 e. The van der Waals surface area contributed by atoms with Crippen LogP contribution >= 0.6 is 0 Å². The minimum Gasteiger partial charge on any atom is -0.494 e. The molecule has 0 saturated heterocycles. The Morgan fingerprint density at radius 3 is 0.598 bits per heavy atom. The second kappa shape index (κ2) is 41.0. The molecule has 0 unspecified atom stereocenters. The highest BCUT2D eigenvalue weighted by atomic mass is 16.5. The van der Waals surface area contributed by atoms with Crippen LogP contribution in [-0.4, -0.2) is 71.1 Å². The van der Waals surface area contributed by atoms with Crippen molar-refractivity contribution in [3.05, 3.63) is 362 Å². The summed E-state index contributed by atoms with van der Waals surface area (Å²) in [5, 5.41) is 0. The molecular formula is C100H100N4O8. The van der Waals surface area contributed by atoms with Crippen molar-refractivity contribution in [1.82, 2.24) is 18.3 Å². The fraction of sp³-hybridized carbons (Fsp3) is 0.200. The summed E-state index contributed by atoms with van der Waals surface area (Å²) in [6, 6.07) is 103. The van der Waals surface area contributed by atoms with Crippen LogP contribution in [0.4, 0.5) is 0 Å². The van der Waals surface area contributed by atoms with Gasteiger partial charge in [-0.3, -0.25) is 0 Å². The maximum absolute atomic E-state index is 6.28. The summed E-state index contributed by atoms with van der Waals surface area (Å²) < 4.78 is 58.5. The van der Waals surface area contributed by atoms with E-state index in [1.165, 1.54) is 0 Å². The van der Waals surface area contributed by atoms with Crippen molar-refractivity contribution in [3.63, 3.8) is 0 Å². The monoisotopic (exact) mass is 1480 g/mol. The molecular weight excluding hydrogens is 1390 g/mol. The lowest BCUT2D eigenvalue weighted by Crippen LogP contribution is -2.03. The molecule has 4 aromatic heterocycles. The van der Waals surface area contributed by atoms with Crippen LogP contribution in [0.2, 0.25) is 0 Å². The first-order valence-electron chi connectivity index (χ1n) is 39.0. The number of rotatable bonds is 40. The fourth-order valence-corrected chi connectivity index (χ4v) is 13.3. The standard InChI is InChI=1S/C100H100N4O8/c1-5-77-31-55-97(56-32-77)109-67-13-9-63-105-73-81-23-39-85(40-24-81)101-89-47-49-90(50-48-89)103(87-43-27-83(28-44-87)75-107-65-11-15-69-111-99-59-35-79(7-3)36-60-99)95-21-18-22-96(72-95)104(88-45-29-84(30-46-88)76-108-66-12-16-70-112-100-61-37-80(8-4)38-62-100)92-53-51-91(52-54-92)102(94-20-17-19-93(101)71-94)86-41-25-82(26-42-86)74-106-64-10-14-68-110-98-57-33-78(6-2)34-58-98/h5-8,17-62,71-72H,1-4,9-16,63-70,73-76H2. The number of hydrogen-bond donors (Lipinski definition) is 0. The average molecular weight is 1490 g/mol. The van der Waals surface area contributed by atoms with Crippen molar-refractivity contribution in [2.24, 2.45) is 0 Å². The number of aromatic nitrogens is 4. The molecule has 0 spiro atoms. The Bertz CT molecular complexity index is 4640. The van der Waals surface area contributed by atoms with Gasteiger partial charge in [0.1, 0.15) is 23.0 Å². The molecule has 112 heavy (non-hydrogen) atoms. The quantitative estimate of drug-likeness (QED) is 0.0351. The van der Waals surface area contributed by atoms with E-state index in [1.807, 2.05) is 121 Å². The average Bonchev–Trinajstić information content (AvgIpc) is 0.771. The van der Waals surface area contributed by atoms with Gasteiger partial charge in [-0.25, -0.2) is 0 Å². The highest BCUT2D eigenvalue weighted by molar-refractivity contribution is 5.77. The molecule has 0 fully saturated rings. The van der Waals surface area contributed by atoms with E-state index in [-0.39, 0.29) is 0 Å². The summed E-state index contributed by atoms with van der Waals surface area (Å²) in [6.45, 7) is 22.5. The Kier molecular flexibility index (Phi) is 28.6. The second-order valence-corrected chi connectivity index (χ2v) is 27.6. The third-order valence-electron chi connectivity index (χ3n) is 19.5. The molecule has 0 saturated carbocycles. The van der Waals surface area contributed by atoms with Gasteiger partial charge in [0.05, 0.1) is 52.9 Å². The van der Waals surface area contributed by atoms with Gasteiger partial charge in [0.25, 0.3) is 0 Å². The van der Waals surface area contributed by atoms with Crippen LogP contribution in [0.5, 0.6) is 23.0 Å². The molecule has 568 valence electrons. The molecule has 16 aromatic rings. The lowest BCUT2D eigenvalue weighted by Gasteiger charge is -2.17. The zero-order chi connectivity index (χ0) is 76.7. The van der Waals surface area contributed by atoms with Gasteiger partial charge in [-0.1, -0.05) is 160 Å².